The molecule has 11 heavy (non-hydrogen) atoms. The highest BCUT2D eigenvalue weighted by molar-refractivity contribution is 5.37. The molecule has 0 aliphatic heterocycles. The number of hydrogen-bond donors (Lipinski definition) is 1. The van der Waals surface area contributed by atoms with E-state index in [1.165, 1.54) is 0 Å². The van der Waals surface area contributed by atoms with Gasteiger partial charge in [-0.3, -0.25) is 4.68 Å². The van der Waals surface area contributed by atoms with Gasteiger partial charge in [0.05, 0.1) is 5.69 Å². The van der Waals surface area contributed by atoms with E-state index < -0.39 is 0 Å². The Morgan fingerprint density at radius 1 is 1.64 bits per heavy atom. The van der Waals surface area contributed by atoms with Gasteiger partial charge >= 0.3 is 0 Å². The Morgan fingerprint density at radius 2 is 2.27 bits per heavy atom. The monoisotopic (exact) mass is 154 g/mol. The summed E-state index contributed by atoms with van der Waals surface area (Å²) in [7, 11) is 5.82. The Bertz CT molecular complexity index is 239. The van der Waals surface area contributed by atoms with Crippen molar-refractivity contribution >= 4 is 5.82 Å². The van der Waals surface area contributed by atoms with E-state index in [1.807, 2.05) is 32.1 Å². The molecule has 1 heterocycles. The predicted octanol–water partition coefficient (Wildman–Crippen LogP) is -0.0552. The van der Waals surface area contributed by atoms with Crippen LogP contribution in [0.25, 0.3) is 0 Å². The molecule has 0 aromatic carbocycles. The second kappa shape index (κ2) is 2.92. The third-order valence-corrected chi connectivity index (χ3v) is 1.63. The first kappa shape index (κ1) is 8.07. The number of nitrogens with two attached hydrogens (primary N) is 1. The summed E-state index contributed by atoms with van der Waals surface area (Å²) >= 11 is 0. The lowest BCUT2D eigenvalue weighted by molar-refractivity contribution is 0.710. The second-order valence-electron chi connectivity index (χ2n) is 2.72. The average molecular weight is 154 g/mol. The second-order valence-corrected chi connectivity index (χ2v) is 2.72. The van der Waals surface area contributed by atoms with E-state index in [9.17, 15) is 0 Å². The van der Waals surface area contributed by atoms with Crippen LogP contribution < -0.4 is 10.6 Å². The van der Waals surface area contributed by atoms with Gasteiger partial charge in [0.15, 0.2) is 0 Å². The lowest BCUT2D eigenvalue weighted by atomic mass is 10.4. The van der Waals surface area contributed by atoms with Crippen LogP contribution >= 0.6 is 0 Å². The van der Waals surface area contributed by atoms with Crippen molar-refractivity contribution in [2.75, 3.05) is 19.0 Å². The number of aryl methyl sites for hydroxylation is 1. The van der Waals surface area contributed by atoms with Gasteiger partial charge in [0, 0.05) is 33.8 Å². The van der Waals surface area contributed by atoms with Gasteiger partial charge in [-0.25, -0.2) is 0 Å². The predicted molar refractivity (Wildman–Crippen MR) is 45.4 cm³/mol. The molecule has 1 rings (SSSR count). The topological polar surface area (TPSA) is 47.1 Å². The summed E-state index contributed by atoms with van der Waals surface area (Å²) in [5.41, 5.74) is 6.53. The zero-order valence-corrected chi connectivity index (χ0v) is 7.20. The van der Waals surface area contributed by atoms with Gasteiger partial charge in [0.1, 0.15) is 5.82 Å². The minimum absolute atomic E-state index is 0.539. The van der Waals surface area contributed by atoms with E-state index in [4.69, 9.17) is 5.73 Å². The molecule has 0 atom stereocenters. The third-order valence-electron chi connectivity index (χ3n) is 1.63. The fourth-order valence-electron chi connectivity index (χ4n) is 0.899. The van der Waals surface area contributed by atoms with E-state index in [-0.39, 0.29) is 0 Å². The molecule has 0 saturated heterocycles. The normalized spacial score (nSPS) is 10.2. The molecule has 4 heteroatoms. The molecule has 62 valence electrons. The first-order valence-corrected chi connectivity index (χ1v) is 3.55. The molecule has 1 aromatic rings. The van der Waals surface area contributed by atoms with Crippen LogP contribution in [0.15, 0.2) is 6.07 Å². The summed E-state index contributed by atoms with van der Waals surface area (Å²) in [6.45, 7) is 0.539. The summed E-state index contributed by atoms with van der Waals surface area (Å²) in [5.74, 6) is 0.952. The number of anilines is 1. The first-order valence-electron chi connectivity index (χ1n) is 3.55. The molecule has 0 radical (unpaired) electrons. The van der Waals surface area contributed by atoms with Gasteiger partial charge in [-0.2, -0.15) is 5.10 Å². The van der Waals surface area contributed by atoms with Crippen LogP contribution in [-0.2, 0) is 13.6 Å². The minimum Gasteiger partial charge on any atom is -0.361 e. The number of rotatable bonds is 2. The fraction of sp³-hybridized carbons (Fsp3) is 0.571. The van der Waals surface area contributed by atoms with Gasteiger partial charge in [-0.15, -0.1) is 0 Å². The molecular weight excluding hydrogens is 140 g/mol. The minimum atomic E-state index is 0.539. The Hall–Kier alpha value is -1.03. The van der Waals surface area contributed by atoms with Crippen molar-refractivity contribution in [2.45, 2.75) is 6.54 Å². The highest BCUT2D eigenvalue weighted by Gasteiger charge is 2.03. The maximum Gasteiger partial charge on any atom is 0.150 e. The van der Waals surface area contributed by atoms with E-state index in [1.54, 1.807) is 4.68 Å². The van der Waals surface area contributed by atoms with Crippen molar-refractivity contribution in [3.8, 4) is 0 Å². The fourth-order valence-corrected chi connectivity index (χ4v) is 0.899. The number of hydrogen-bond acceptors (Lipinski definition) is 3. The van der Waals surface area contributed by atoms with Crippen LogP contribution in [0.5, 0.6) is 0 Å². The van der Waals surface area contributed by atoms with E-state index in [0.717, 1.165) is 11.5 Å². The molecule has 0 spiro atoms. The van der Waals surface area contributed by atoms with Gasteiger partial charge in [-0.1, -0.05) is 0 Å². The summed E-state index contributed by atoms with van der Waals surface area (Å²) in [5, 5.41) is 4.24. The van der Waals surface area contributed by atoms with Gasteiger partial charge < -0.3 is 10.6 Å². The van der Waals surface area contributed by atoms with E-state index in [0.29, 0.717) is 6.54 Å². The molecule has 2 N–H and O–H groups in total. The Kier molecular flexibility index (Phi) is 2.14. The maximum atomic E-state index is 5.48. The molecule has 0 amide bonds. The van der Waals surface area contributed by atoms with Crippen molar-refractivity contribution in [3.05, 3.63) is 11.8 Å². The Labute approximate surface area is 66.6 Å². The summed E-state index contributed by atoms with van der Waals surface area (Å²) in [6, 6.07) is 1.99. The lowest BCUT2D eigenvalue weighted by Gasteiger charge is -2.05. The smallest absolute Gasteiger partial charge is 0.150 e. The number of nitrogens with zero attached hydrogens (tertiary/aromatic N) is 3. The zero-order chi connectivity index (χ0) is 8.43. The number of aromatic nitrogens is 2. The van der Waals surface area contributed by atoms with Crippen molar-refractivity contribution in [1.82, 2.24) is 9.78 Å². The Morgan fingerprint density at radius 3 is 2.55 bits per heavy atom. The standard InChI is InChI=1S/C7H14N4/c1-10(2)7-4-6(5-8)11(3)9-7/h4H,5,8H2,1-3H3. The molecule has 0 saturated carbocycles. The van der Waals surface area contributed by atoms with Crippen molar-refractivity contribution in [2.24, 2.45) is 12.8 Å². The molecular formula is C7H14N4. The molecule has 1 aromatic heterocycles. The molecule has 0 aliphatic carbocycles. The third kappa shape index (κ3) is 1.51. The average Bonchev–Trinajstić information content (AvgIpc) is 2.31. The zero-order valence-electron chi connectivity index (χ0n) is 7.20. The SMILES string of the molecule is CN(C)c1cc(CN)n(C)n1. The van der Waals surface area contributed by atoms with Crippen molar-refractivity contribution in [1.29, 1.82) is 0 Å². The molecule has 0 unspecified atom stereocenters. The van der Waals surface area contributed by atoms with Crippen LogP contribution in [0.1, 0.15) is 5.69 Å². The molecule has 0 fully saturated rings. The maximum absolute atomic E-state index is 5.48. The molecule has 0 aliphatic rings. The van der Waals surface area contributed by atoms with Crippen LogP contribution in [0.3, 0.4) is 0 Å². The molecule has 0 bridgehead atoms. The quantitative estimate of drug-likeness (QED) is 0.649. The molecule has 4 nitrogen and oxygen atoms in total. The van der Waals surface area contributed by atoms with E-state index >= 15 is 0 Å². The highest BCUT2D eigenvalue weighted by Crippen LogP contribution is 2.09. The van der Waals surface area contributed by atoms with Gasteiger partial charge in [-0.05, 0) is 0 Å². The largest absolute Gasteiger partial charge is 0.361 e. The van der Waals surface area contributed by atoms with Crippen LogP contribution in [-0.4, -0.2) is 23.9 Å². The van der Waals surface area contributed by atoms with E-state index in [2.05, 4.69) is 5.10 Å². The summed E-state index contributed by atoms with van der Waals surface area (Å²) in [6.07, 6.45) is 0. The van der Waals surface area contributed by atoms with Crippen LogP contribution in [0.4, 0.5) is 5.82 Å². The van der Waals surface area contributed by atoms with Crippen molar-refractivity contribution in [3.63, 3.8) is 0 Å². The first-order chi connectivity index (χ1) is 5.15. The highest BCUT2D eigenvalue weighted by atomic mass is 15.3. The van der Waals surface area contributed by atoms with Gasteiger partial charge in [0.25, 0.3) is 0 Å². The van der Waals surface area contributed by atoms with Gasteiger partial charge in [0.2, 0.25) is 0 Å². The van der Waals surface area contributed by atoms with Crippen molar-refractivity contribution < 1.29 is 0 Å². The van der Waals surface area contributed by atoms with Crippen LogP contribution in [0.2, 0.25) is 0 Å². The Balaban J connectivity index is 2.95. The lowest BCUT2D eigenvalue weighted by Crippen LogP contribution is -2.09. The van der Waals surface area contributed by atoms with Crippen LogP contribution in [0, 0.1) is 0 Å². The summed E-state index contributed by atoms with van der Waals surface area (Å²) in [4.78, 5) is 1.96. The summed E-state index contributed by atoms with van der Waals surface area (Å²) < 4.78 is 1.80.